The van der Waals surface area contributed by atoms with Crippen LogP contribution in [0.2, 0.25) is 5.28 Å². The molecule has 0 aliphatic rings. The minimum Gasteiger partial charge on any atom is -0.444 e. The zero-order valence-electron chi connectivity index (χ0n) is 11.1. The molecule has 0 bridgehead atoms. The highest BCUT2D eigenvalue weighted by atomic mass is 35.5. The van der Waals surface area contributed by atoms with Crippen molar-refractivity contribution in [1.29, 1.82) is 0 Å². The van der Waals surface area contributed by atoms with E-state index in [0.717, 1.165) is 18.0 Å². The second kappa shape index (κ2) is 4.72. The minimum atomic E-state index is -0.125. The van der Waals surface area contributed by atoms with E-state index >= 15 is 0 Å². The zero-order chi connectivity index (χ0) is 13.3. The van der Waals surface area contributed by atoms with Crippen LogP contribution in [0.1, 0.15) is 45.2 Å². The van der Waals surface area contributed by atoms with Crippen LogP contribution in [0.4, 0.5) is 0 Å². The Morgan fingerprint density at radius 3 is 2.61 bits per heavy atom. The van der Waals surface area contributed by atoms with Crippen LogP contribution in [-0.2, 0) is 18.4 Å². The summed E-state index contributed by atoms with van der Waals surface area (Å²) >= 11 is 6.06. The van der Waals surface area contributed by atoms with Crippen molar-refractivity contribution >= 4 is 11.6 Å². The summed E-state index contributed by atoms with van der Waals surface area (Å²) in [6.07, 6.45) is 2.57. The van der Waals surface area contributed by atoms with E-state index < -0.39 is 0 Å². The highest BCUT2D eigenvalue weighted by Crippen LogP contribution is 2.23. The monoisotopic (exact) mass is 268 g/mol. The number of halogens is 1. The third-order valence-electron chi connectivity index (χ3n) is 2.62. The van der Waals surface area contributed by atoms with Gasteiger partial charge in [0, 0.05) is 11.8 Å². The second-order valence-electron chi connectivity index (χ2n) is 5.20. The first kappa shape index (κ1) is 13.1. The van der Waals surface area contributed by atoms with Crippen LogP contribution >= 0.6 is 11.6 Å². The highest BCUT2D eigenvalue weighted by Gasteiger charge is 2.24. The fourth-order valence-corrected chi connectivity index (χ4v) is 1.88. The van der Waals surface area contributed by atoms with Crippen LogP contribution in [0.5, 0.6) is 0 Å². The summed E-state index contributed by atoms with van der Waals surface area (Å²) in [5.41, 5.74) is -0.125. The lowest BCUT2D eigenvalue weighted by Crippen LogP contribution is -2.19. The fraction of sp³-hybridized carbons (Fsp3) is 0.583. The second-order valence-corrected chi connectivity index (χ2v) is 5.54. The van der Waals surface area contributed by atoms with Crippen LogP contribution in [-0.4, -0.2) is 19.7 Å². The zero-order valence-corrected chi connectivity index (χ0v) is 11.8. The molecule has 0 saturated heterocycles. The van der Waals surface area contributed by atoms with Crippen molar-refractivity contribution in [2.75, 3.05) is 0 Å². The Kier molecular flexibility index (Phi) is 3.43. The van der Waals surface area contributed by atoms with Crippen molar-refractivity contribution in [3.8, 4) is 0 Å². The first-order valence-corrected chi connectivity index (χ1v) is 6.32. The molecular weight excluding hydrogens is 252 g/mol. The molecule has 5 nitrogen and oxygen atoms in total. The summed E-state index contributed by atoms with van der Waals surface area (Å²) in [7, 11) is 0. The van der Waals surface area contributed by atoms with E-state index in [1.165, 1.54) is 0 Å². The molecule has 0 aromatic carbocycles. The first-order valence-electron chi connectivity index (χ1n) is 5.94. The predicted molar refractivity (Wildman–Crippen MR) is 68.7 cm³/mol. The molecule has 0 saturated carbocycles. The van der Waals surface area contributed by atoms with Gasteiger partial charge in [-0.25, -0.2) is 4.98 Å². The topological polar surface area (TPSA) is 56.7 Å². The average Bonchev–Trinajstić information content (AvgIpc) is 2.86. The number of oxazole rings is 1. The van der Waals surface area contributed by atoms with Crippen molar-refractivity contribution in [3.63, 3.8) is 0 Å². The lowest BCUT2D eigenvalue weighted by Gasteiger charge is -2.18. The maximum atomic E-state index is 6.06. The SMILES string of the molecule is CCc1cnc(Cn2c(Cl)nnc2C(C)(C)C)o1. The van der Waals surface area contributed by atoms with Gasteiger partial charge in [-0.1, -0.05) is 27.7 Å². The molecule has 0 radical (unpaired) electrons. The maximum Gasteiger partial charge on any atom is 0.225 e. The summed E-state index contributed by atoms with van der Waals surface area (Å²) < 4.78 is 7.41. The average molecular weight is 269 g/mol. The number of hydrogen-bond acceptors (Lipinski definition) is 4. The molecule has 6 heteroatoms. The number of hydrogen-bond donors (Lipinski definition) is 0. The van der Waals surface area contributed by atoms with E-state index in [2.05, 4.69) is 36.0 Å². The third kappa shape index (κ3) is 2.56. The van der Waals surface area contributed by atoms with E-state index in [-0.39, 0.29) is 5.41 Å². The Morgan fingerprint density at radius 1 is 1.33 bits per heavy atom. The highest BCUT2D eigenvalue weighted by molar-refractivity contribution is 6.28. The normalized spacial score (nSPS) is 12.1. The van der Waals surface area contributed by atoms with Crippen molar-refractivity contribution < 1.29 is 4.42 Å². The molecule has 2 aromatic rings. The molecule has 2 heterocycles. The fourth-order valence-electron chi connectivity index (χ4n) is 1.70. The molecule has 18 heavy (non-hydrogen) atoms. The number of nitrogens with zero attached hydrogens (tertiary/aromatic N) is 4. The Morgan fingerprint density at radius 2 is 2.06 bits per heavy atom. The smallest absolute Gasteiger partial charge is 0.225 e. The van der Waals surface area contributed by atoms with Gasteiger partial charge in [0.2, 0.25) is 11.2 Å². The Bertz CT molecular complexity index is 539. The van der Waals surface area contributed by atoms with Crippen LogP contribution in [0.25, 0.3) is 0 Å². The standard InChI is InChI=1S/C12H17ClN4O/c1-5-8-6-14-9(18-8)7-17-10(12(2,3)4)15-16-11(17)13/h6H,5,7H2,1-4H3. The van der Waals surface area contributed by atoms with Crippen molar-refractivity contribution in [1.82, 2.24) is 19.7 Å². The van der Waals surface area contributed by atoms with Crippen molar-refractivity contribution in [2.45, 2.75) is 46.1 Å². The molecule has 0 N–H and O–H groups in total. The molecule has 0 aliphatic carbocycles. The molecule has 0 aliphatic heterocycles. The summed E-state index contributed by atoms with van der Waals surface area (Å²) in [5.74, 6) is 2.31. The number of rotatable bonds is 3. The Labute approximate surface area is 111 Å². The van der Waals surface area contributed by atoms with Gasteiger partial charge >= 0.3 is 0 Å². The summed E-state index contributed by atoms with van der Waals surface area (Å²) in [6, 6.07) is 0. The molecule has 0 unspecified atom stereocenters. The lowest BCUT2D eigenvalue weighted by atomic mass is 9.96. The van der Waals surface area contributed by atoms with E-state index in [0.29, 0.717) is 17.7 Å². The molecule has 0 amide bonds. The largest absolute Gasteiger partial charge is 0.444 e. The molecule has 2 aromatic heterocycles. The first-order chi connectivity index (χ1) is 8.41. The molecule has 0 fully saturated rings. The maximum absolute atomic E-state index is 6.06. The van der Waals surface area contributed by atoms with E-state index in [9.17, 15) is 0 Å². The quantitative estimate of drug-likeness (QED) is 0.859. The van der Waals surface area contributed by atoms with Crippen LogP contribution in [0, 0.1) is 0 Å². The van der Waals surface area contributed by atoms with Gasteiger partial charge in [0.25, 0.3) is 0 Å². The van der Waals surface area contributed by atoms with Crippen LogP contribution < -0.4 is 0 Å². The van der Waals surface area contributed by atoms with Crippen molar-refractivity contribution in [2.24, 2.45) is 0 Å². The van der Waals surface area contributed by atoms with E-state index in [1.807, 2.05) is 11.5 Å². The number of aromatic nitrogens is 4. The molecular formula is C12H17ClN4O. The molecule has 98 valence electrons. The molecule has 2 rings (SSSR count). The van der Waals surface area contributed by atoms with Gasteiger partial charge in [-0.2, -0.15) is 0 Å². The van der Waals surface area contributed by atoms with Crippen LogP contribution in [0.15, 0.2) is 10.6 Å². The van der Waals surface area contributed by atoms with Gasteiger partial charge < -0.3 is 4.42 Å². The van der Waals surface area contributed by atoms with E-state index in [1.54, 1.807) is 6.20 Å². The summed E-state index contributed by atoms with van der Waals surface area (Å²) in [4.78, 5) is 4.22. The van der Waals surface area contributed by atoms with Crippen molar-refractivity contribution in [3.05, 3.63) is 29.0 Å². The Balaban J connectivity index is 2.31. The van der Waals surface area contributed by atoms with Gasteiger partial charge in [-0.3, -0.25) is 4.57 Å². The lowest BCUT2D eigenvalue weighted by molar-refractivity contribution is 0.430. The summed E-state index contributed by atoms with van der Waals surface area (Å²) in [6.45, 7) is 8.68. The number of aryl methyl sites for hydroxylation is 1. The van der Waals surface area contributed by atoms with Gasteiger partial charge in [0.05, 0.1) is 6.20 Å². The van der Waals surface area contributed by atoms with Gasteiger partial charge in [0.1, 0.15) is 18.1 Å². The molecule has 0 spiro atoms. The molecule has 0 atom stereocenters. The van der Waals surface area contributed by atoms with Crippen LogP contribution in [0.3, 0.4) is 0 Å². The predicted octanol–water partition coefficient (Wildman–Crippen LogP) is 2.83. The summed E-state index contributed by atoms with van der Waals surface area (Å²) in [5, 5.41) is 8.39. The Hall–Kier alpha value is -1.36. The van der Waals surface area contributed by atoms with Gasteiger partial charge in [-0.15, -0.1) is 10.2 Å². The minimum absolute atomic E-state index is 0.125. The van der Waals surface area contributed by atoms with Gasteiger partial charge in [-0.05, 0) is 11.6 Å². The third-order valence-corrected chi connectivity index (χ3v) is 2.90. The van der Waals surface area contributed by atoms with E-state index in [4.69, 9.17) is 16.0 Å². The van der Waals surface area contributed by atoms with Gasteiger partial charge in [0.15, 0.2) is 0 Å².